The number of hydrogen-bond acceptors (Lipinski definition) is 4. The van der Waals surface area contributed by atoms with Gasteiger partial charge in [-0.25, -0.2) is 0 Å². The summed E-state index contributed by atoms with van der Waals surface area (Å²) in [6.45, 7) is 6.79. The van der Waals surface area contributed by atoms with Crippen LogP contribution in [0.1, 0.15) is 38.5 Å². The Hall–Kier alpha value is -0.160. The van der Waals surface area contributed by atoms with E-state index in [1.54, 1.807) is 0 Å². The van der Waals surface area contributed by atoms with Gasteiger partial charge in [0.15, 0.2) is 0 Å². The fourth-order valence-corrected chi connectivity index (χ4v) is 2.87. The molecule has 18 heavy (non-hydrogen) atoms. The Morgan fingerprint density at radius 3 is 2.56 bits per heavy atom. The molecule has 0 aromatic carbocycles. The molecule has 0 unspecified atom stereocenters. The number of nitrogens with one attached hydrogen (secondary N) is 1. The van der Waals surface area contributed by atoms with Gasteiger partial charge in [-0.05, 0) is 58.3 Å². The van der Waals surface area contributed by atoms with Gasteiger partial charge in [-0.15, -0.1) is 0 Å². The highest BCUT2D eigenvalue weighted by Gasteiger charge is 2.29. The van der Waals surface area contributed by atoms with Crippen LogP contribution in [0, 0.1) is 0 Å². The van der Waals surface area contributed by atoms with E-state index in [2.05, 4.69) is 10.2 Å². The number of hydrogen-bond donors (Lipinski definition) is 2. The van der Waals surface area contributed by atoms with Crippen LogP contribution < -0.4 is 5.32 Å². The molecular formula is C14H28N2O2. The number of nitrogens with zero attached hydrogens (tertiary/aromatic N) is 1. The summed E-state index contributed by atoms with van der Waals surface area (Å²) >= 11 is 0. The molecule has 4 nitrogen and oxygen atoms in total. The summed E-state index contributed by atoms with van der Waals surface area (Å²) in [6.07, 6.45) is 6.84. The predicted octanol–water partition coefficient (Wildman–Crippen LogP) is 0.994. The van der Waals surface area contributed by atoms with Crippen LogP contribution in [-0.4, -0.2) is 61.5 Å². The third-order valence-electron chi connectivity index (χ3n) is 4.12. The van der Waals surface area contributed by atoms with Crippen molar-refractivity contribution in [1.29, 1.82) is 0 Å². The van der Waals surface area contributed by atoms with Gasteiger partial charge in [-0.1, -0.05) is 6.42 Å². The highest BCUT2D eigenvalue weighted by atomic mass is 16.5. The van der Waals surface area contributed by atoms with Gasteiger partial charge in [0.05, 0.1) is 12.2 Å². The highest BCUT2D eigenvalue weighted by Crippen LogP contribution is 2.18. The second-order valence-corrected chi connectivity index (χ2v) is 5.78. The minimum Gasteiger partial charge on any atom is -0.387 e. The molecule has 2 N–H and O–H groups in total. The minimum atomic E-state index is -0.573. The van der Waals surface area contributed by atoms with E-state index in [9.17, 15) is 5.11 Å². The fraction of sp³-hybridized carbons (Fsp3) is 1.00. The maximum atomic E-state index is 10.2. The van der Waals surface area contributed by atoms with Gasteiger partial charge in [0.1, 0.15) is 0 Å². The van der Waals surface area contributed by atoms with Crippen molar-refractivity contribution >= 4 is 0 Å². The SMILES string of the molecule is OC1(COCCCN2CCCCC2)CCNCC1. The zero-order valence-corrected chi connectivity index (χ0v) is 11.5. The molecule has 0 radical (unpaired) electrons. The van der Waals surface area contributed by atoms with Crippen LogP contribution in [0.5, 0.6) is 0 Å². The molecule has 2 aliphatic rings. The van der Waals surface area contributed by atoms with E-state index in [-0.39, 0.29) is 0 Å². The molecule has 0 aromatic rings. The maximum Gasteiger partial charge on any atom is 0.0904 e. The molecule has 2 fully saturated rings. The quantitative estimate of drug-likeness (QED) is 0.696. The van der Waals surface area contributed by atoms with Crippen LogP contribution >= 0.6 is 0 Å². The summed E-state index contributed by atoms with van der Waals surface area (Å²) in [5.41, 5.74) is -0.573. The molecule has 0 aliphatic carbocycles. The fourth-order valence-electron chi connectivity index (χ4n) is 2.87. The van der Waals surface area contributed by atoms with E-state index in [4.69, 9.17) is 4.74 Å². The molecule has 0 saturated carbocycles. The van der Waals surface area contributed by atoms with Gasteiger partial charge in [0, 0.05) is 13.2 Å². The van der Waals surface area contributed by atoms with Gasteiger partial charge in [0.25, 0.3) is 0 Å². The Bertz CT molecular complexity index is 224. The highest BCUT2D eigenvalue weighted by molar-refractivity contribution is 4.83. The smallest absolute Gasteiger partial charge is 0.0904 e. The lowest BCUT2D eigenvalue weighted by molar-refractivity contribution is -0.0652. The molecule has 0 aromatic heterocycles. The van der Waals surface area contributed by atoms with Crippen LogP contribution in [0.3, 0.4) is 0 Å². The Labute approximate surface area is 111 Å². The first-order chi connectivity index (χ1) is 8.79. The molecule has 2 heterocycles. The first-order valence-electron chi connectivity index (χ1n) is 7.52. The second-order valence-electron chi connectivity index (χ2n) is 5.78. The molecule has 2 rings (SSSR count). The second kappa shape index (κ2) is 7.43. The average Bonchev–Trinajstić information content (AvgIpc) is 2.40. The number of aliphatic hydroxyl groups is 1. The Kier molecular flexibility index (Phi) is 5.89. The third kappa shape index (κ3) is 4.84. The van der Waals surface area contributed by atoms with Crippen LogP contribution in [0.2, 0.25) is 0 Å². The molecule has 0 spiro atoms. The molecule has 2 aliphatic heterocycles. The van der Waals surface area contributed by atoms with Gasteiger partial charge in [-0.2, -0.15) is 0 Å². The summed E-state index contributed by atoms with van der Waals surface area (Å²) < 4.78 is 5.66. The molecule has 106 valence electrons. The van der Waals surface area contributed by atoms with Crippen molar-refractivity contribution in [3.8, 4) is 0 Å². The van der Waals surface area contributed by atoms with Crippen molar-refractivity contribution in [3.05, 3.63) is 0 Å². The minimum absolute atomic E-state index is 0.509. The zero-order chi connectivity index (χ0) is 12.7. The first kappa shape index (κ1) is 14.3. The standard InChI is InChI=1S/C14H28N2O2/c17-14(5-7-15-8-6-14)13-18-12-4-11-16-9-2-1-3-10-16/h15,17H,1-13H2. The van der Waals surface area contributed by atoms with E-state index in [1.807, 2.05) is 0 Å². The monoisotopic (exact) mass is 256 g/mol. The van der Waals surface area contributed by atoms with Crippen molar-refractivity contribution in [2.75, 3.05) is 45.9 Å². The lowest BCUT2D eigenvalue weighted by Crippen LogP contribution is -2.45. The Morgan fingerprint density at radius 1 is 1.11 bits per heavy atom. The molecule has 4 heteroatoms. The Balaban J connectivity index is 1.50. The average molecular weight is 256 g/mol. The van der Waals surface area contributed by atoms with Gasteiger partial charge in [-0.3, -0.25) is 0 Å². The summed E-state index contributed by atoms with van der Waals surface area (Å²) in [5.74, 6) is 0. The summed E-state index contributed by atoms with van der Waals surface area (Å²) in [4.78, 5) is 2.53. The number of rotatable bonds is 6. The molecular weight excluding hydrogens is 228 g/mol. The lowest BCUT2D eigenvalue weighted by Gasteiger charge is -2.32. The van der Waals surface area contributed by atoms with Crippen LogP contribution in [0.4, 0.5) is 0 Å². The van der Waals surface area contributed by atoms with Crippen LogP contribution in [0.15, 0.2) is 0 Å². The maximum absolute atomic E-state index is 10.2. The third-order valence-corrected chi connectivity index (χ3v) is 4.12. The van der Waals surface area contributed by atoms with E-state index >= 15 is 0 Å². The first-order valence-corrected chi connectivity index (χ1v) is 7.52. The van der Waals surface area contributed by atoms with Gasteiger partial charge in [0.2, 0.25) is 0 Å². The molecule has 0 amide bonds. The topological polar surface area (TPSA) is 44.7 Å². The van der Waals surface area contributed by atoms with E-state index in [0.717, 1.165) is 45.5 Å². The van der Waals surface area contributed by atoms with Crippen molar-refractivity contribution in [1.82, 2.24) is 10.2 Å². The van der Waals surface area contributed by atoms with Crippen LogP contribution in [-0.2, 0) is 4.74 Å². The summed E-state index contributed by atoms with van der Waals surface area (Å²) in [6, 6.07) is 0. The van der Waals surface area contributed by atoms with Crippen LogP contribution in [0.25, 0.3) is 0 Å². The van der Waals surface area contributed by atoms with Gasteiger partial charge >= 0.3 is 0 Å². The Morgan fingerprint density at radius 2 is 1.83 bits per heavy atom. The molecule has 0 atom stereocenters. The normalized spacial score (nSPS) is 25.2. The predicted molar refractivity (Wildman–Crippen MR) is 72.8 cm³/mol. The van der Waals surface area contributed by atoms with E-state index in [1.165, 1.54) is 32.4 Å². The number of likely N-dealkylation sites (tertiary alicyclic amines) is 1. The zero-order valence-electron chi connectivity index (χ0n) is 11.5. The number of ether oxygens (including phenoxy) is 1. The molecule has 0 bridgehead atoms. The van der Waals surface area contributed by atoms with Crippen molar-refractivity contribution in [2.45, 2.75) is 44.1 Å². The molecule has 2 saturated heterocycles. The largest absolute Gasteiger partial charge is 0.387 e. The van der Waals surface area contributed by atoms with E-state index in [0.29, 0.717) is 6.61 Å². The summed E-state index contributed by atoms with van der Waals surface area (Å²) in [7, 11) is 0. The van der Waals surface area contributed by atoms with Crippen molar-refractivity contribution in [2.24, 2.45) is 0 Å². The number of piperidine rings is 2. The van der Waals surface area contributed by atoms with Crippen molar-refractivity contribution < 1.29 is 9.84 Å². The lowest BCUT2D eigenvalue weighted by atomic mass is 9.94. The van der Waals surface area contributed by atoms with Gasteiger partial charge < -0.3 is 20.1 Å². The van der Waals surface area contributed by atoms with E-state index < -0.39 is 5.60 Å². The van der Waals surface area contributed by atoms with Crippen molar-refractivity contribution in [3.63, 3.8) is 0 Å². The summed E-state index contributed by atoms with van der Waals surface area (Å²) in [5, 5.41) is 13.5.